The highest BCUT2D eigenvalue weighted by Crippen LogP contribution is 2.23. The van der Waals surface area contributed by atoms with Crippen LogP contribution < -0.4 is 10.2 Å². The van der Waals surface area contributed by atoms with Crippen molar-refractivity contribution < 1.29 is 4.79 Å². The van der Waals surface area contributed by atoms with Crippen molar-refractivity contribution >= 4 is 29.1 Å². The number of piperidine rings is 1. The highest BCUT2D eigenvalue weighted by atomic mass is 35.5. The number of hydrogen-bond acceptors (Lipinski definition) is 4. The van der Waals surface area contributed by atoms with Crippen LogP contribution in [-0.4, -0.2) is 33.6 Å². The van der Waals surface area contributed by atoms with E-state index in [1.807, 2.05) is 47.0 Å². The van der Waals surface area contributed by atoms with E-state index >= 15 is 0 Å². The Labute approximate surface area is 156 Å². The Hall–Kier alpha value is -2.60. The van der Waals surface area contributed by atoms with Crippen molar-refractivity contribution in [2.24, 2.45) is 5.92 Å². The number of carbonyl (C=O) groups excluding carboxylic acids is 1. The zero-order valence-corrected chi connectivity index (χ0v) is 15.1. The molecular formula is C19H20ClN5O. The lowest BCUT2D eigenvalue weighted by molar-refractivity contribution is -0.125. The van der Waals surface area contributed by atoms with Gasteiger partial charge in [0.25, 0.3) is 0 Å². The Kier molecular flexibility index (Phi) is 4.75. The third-order valence-electron chi connectivity index (χ3n) is 4.73. The van der Waals surface area contributed by atoms with Gasteiger partial charge in [0.2, 0.25) is 11.9 Å². The largest absolute Gasteiger partial charge is 0.352 e. The third kappa shape index (κ3) is 3.51. The molecule has 0 spiro atoms. The molecule has 1 N–H and O–H groups in total. The molecule has 0 bridgehead atoms. The van der Waals surface area contributed by atoms with Crippen LogP contribution in [0.3, 0.4) is 0 Å². The van der Waals surface area contributed by atoms with Gasteiger partial charge in [-0.2, -0.15) is 0 Å². The first kappa shape index (κ1) is 16.8. The Morgan fingerprint density at radius 1 is 1.19 bits per heavy atom. The van der Waals surface area contributed by atoms with Crippen LogP contribution in [0.15, 0.2) is 48.7 Å². The van der Waals surface area contributed by atoms with E-state index in [-0.39, 0.29) is 11.8 Å². The molecule has 26 heavy (non-hydrogen) atoms. The van der Waals surface area contributed by atoms with Crippen molar-refractivity contribution in [3.05, 3.63) is 59.2 Å². The molecule has 1 aliphatic rings. The molecule has 0 aliphatic carbocycles. The van der Waals surface area contributed by atoms with Gasteiger partial charge in [0.15, 0.2) is 5.65 Å². The Morgan fingerprint density at radius 2 is 2.04 bits per heavy atom. The maximum atomic E-state index is 12.6. The lowest BCUT2D eigenvalue weighted by atomic mass is 9.97. The molecule has 2 aromatic heterocycles. The number of carbonyl (C=O) groups is 1. The molecule has 1 unspecified atom stereocenters. The van der Waals surface area contributed by atoms with Gasteiger partial charge in [-0.05, 0) is 30.5 Å². The normalized spacial score (nSPS) is 17.4. The minimum Gasteiger partial charge on any atom is -0.352 e. The number of benzene rings is 1. The number of nitrogens with zero attached hydrogens (tertiary/aromatic N) is 4. The predicted molar refractivity (Wildman–Crippen MR) is 101 cm³/mol. The summed E-state index contributed by atoms with van der Waals surface area (Å²) in [5, 5.41) is 12.2. The highest BCUT2D eigenvalue weighted by Gasteiger charge is 2.28. The van der Waals surface area contributed by atoms with Crippen LogP contribution in [-0.2, 0) is 11.3 Å². The molecule has 4 rings (SSSR count). The third-order valence-corrected chi connectivity index (χ3v) is 4.96. The van der Waals surface area contributed by atoms with Gasteiger partial charge in [0, 0.05) is 25.8 Å². The summed E-state index contributed by atoms with van der Waals surface area (Å²) in [6.45, 7) is 2.04. The first-order valence-electron chi connectivity index (χ1n) is 8.77. The van der Waals surface area contributed by atoms with Crippen molar-refractivity contribution in [3.8, 4) is 0 Å². The average molecular weight is 370 g/mol. The van der Waals surface area contributed by atoms with Crippen molar-refractivity contribution in [1.82, 2.24) is 19.9 Å². The Bertz CT molecular complexity index is 911. The molecule has 6 nitrogen and oxygen atoms in total. The summed E-state index contributed by atoms with van der Waals surface area (Å²) in [5.74, 6) is 0.771. The van der Waals surface area contributed by atoms with Gasteiger partial charge in [-0.15, -0.1) is 10.2 Å². The molecule has 134 valence electrons. The topological polar surface area (TPSA) is 62.5 Å². The average Bonchev–Trinajstić information content (AvgIpc) is 3.10. The monoisotopic (exact) mass is 369 g/mol. The first-order valence-corrected chi connectivity index (χ1v) is 9.15. The maximum absolute atomic E-state index is 12.6. The summed E-state index contributed by atoms with van der Waals surface area (Å²) in [5.41, 5.74) is 1.85. The van der Waals surface area contributed by atoms with Crippen LogP contribution in [0.4, 0.5) is 5.95 Å². The zero-order chi connectivity index (χ0) is 17.9. The van der Waals surface area contributed by atoms with Gasteiger partial charge < -0.3 is 10.2 Å². The fourth-order valence-electron chi connectivity index (χ4n) is 3.37. The summed E-state index contributed by atoms with van der Waals surface area (Å²) in [7, 11) is 0. The summed E-state index contributed by atoms with van der Waals surface area (Å²) < 4.78 is 1.88. The van der Waals surface area contributed by atoms with Gasteiger partial charge in [0.05, 0.1) is 10.9 Å². The van der Waals surface area contributed by atoms with Crippen LogP contribution in [0.1, 0.15) is 18.4 Å². The molecule has 1 amide bonds. The van der Waals surface area contributed by atoms with Crippen molar-refractivity contribution in [1.29, 1.82) is 0 Å². The summed E-state index contributed by atoms with van der Waals surface area (Å²) in [4.78, 5) is 14.7. The number of hydrogen-bond donors (Lipinski definition) is 1. The number of fused-ring (bicyclic) bond motifs is 1. The van der Waals surface area contributed by atoms with Gasteiger partial charge in [-0.1, -0.05) is 41.9 Å². The van der Waals surface area contributed by atoms with E-state index in [0.29, 0.717) is 18.1 Å². The van der Waals surface area contributed by atoms with Gasteiger partial charge in [0.1, 0.15) is 0 Å². The van der Waals surface area contributed by atoms with E-state index < -0.39 is 0 Å². The van der Waals surface area contributed by atoms with E-state index in [2.05, 4.69) is 20.4 Å². The quantitative estimate of drug-likeness (QED) is 0.768. The molecule has 1 aromatic carbocycles. The second-order valence-electron chi connectivity index (χ2n) is 6.56. The fourth-order valence-corrected chi connectivity index (χ4v) is 3.53. The minimum absolute atomic E-state index is 0.0565. The standard InChI is InChI=1S/C19H20ClN5O/c20-16-8-9-17-22-23-19(25(17)13-16)24-10-4-7-15(12-24)18(26)21-11-14-5-2-1-3-6-14/h1-3,5-6,8-9,13,15H,4,7,10-12H2,(H,21,26). The van der Waals surface area contributed by atoms with E-state index in [4.69, 9.17) is 11.6 Å². The second-order valence-corrected chi connectivity index (χ2v) is 7.00. The van der Waals surface area contributed by atoms with Gasteiger partial charge in [-0.3, -0.25) is 9.20 Å². The Balaban J connectivity index is 1.45. The SMILES string of the molecule is O=C(NCc1ccccc1)C1CCCN(c2nnc3ccc(Cl)cn23)C1. The van der Waals surface area contributed by atoms with E-state index in [1.54, 1.807) is 6.07 Å². The number of pyridine rings is 1. The Morgan fingerprint density at radius 3 is 2.88 bits per heavy atom. The number of rotatable bonds is 4. The number of halogens is 1. The lowest BCUT2D eigenvalue weighted by Crippen LogP contribution is -2.43. The molecule has 1 atom stereocenters. The lowest BCUT2D eigenvalue weighted by Gasteiger charge is -2.32. The highest BCUT2D eigenvalue weighted by molar-refractivity contribution is 6.30. The number of nitrogens with one attached hydrogen (secondary N) is 1. The van der Waals surface area contributed by atoms with E-state index in [9.17, 15) is 4.79 Å². The van der Waals surface area contributed by atoms with E-state index in [1.165, 1.54) is 0 Å². The van der Waals surface area contributed by atoms with Crippen molar-refractivity contribution in [2.45, 2.75) is 19.4 Å². The summed E-state index contributed by atoms with van der Waals surface area (Å²) in [6.07, 6.45) is 3.64. The predicted octanol–water partition coefficient (Wildman–Crippen LogP) is 2.92. The molecule has 0 saturated carbocycles. The van der Waals surface area contributed by atoms with Crippen LogP contribution in [0.5, 0.6) is 0 Å². The maximum Gasteiger partial charge on any atom is 0.231 e. The smallest absolute Gasteiger partial charge is 0.231 e. The number of anilines is 1. The van der Waals surface area contributed by atoms with Crippen LogP contribution in [0, 0.1) is 5.92 Å². The van der Waals surface area contributed by atoms with Crippen molar-refractivity contribution in [3.63, 3.8) is 0 Å². The molecule has 1 aliphatic heterocycles. The van der Waals surface area contributed by atoms with Crippen molar-refractivity contribution in [2.75, 3.05) is 18.0 Å². The summed E-state index contributed by atoms with van der Waals surface area (Å²) in [6, 6.07) is 13.6. The van der Waals surface area contributed by atoms with Gasteiger partial charge in [-0.25, -0.2) is 0 Å². The summed E-state index contributed by atoms with van der Waals surface area (Å²) >= 11 is 6.11. The molecule has 7 heteroatoms. The van der Waals surface area contributed by atoms with E-state index in [0.717, 1.165) is 36.5 Å². The van der Waals surface area contributed by atoms with Crippen LogP contribution in [0.25, 0.3) is 5.65 Å². The number of amides is 1. The molecule has 3 aromatic rings. The van der Waals surface area contributed by atoms with Crippen LogP contribution in [0.2, 0.25) is 5.02 Å². The first-order chi connectivity index (χ1) is 12.7. The zero-order valence-electron chi connectivity index (χ0n) is 14.3. The molecule has 1 fully saturated rings. The second kappa shape index (κ2) is 7.33. The van der Waals surface area contributed by atoms with Crippen LogP contribution >= 0.6 is 11.6 Å². The molecule has 0 radical (unpaired) electrons. The molecular weight excluding hydrogens is 350 g/mol. The molecule has 1 saturated heterocycles. The van der Waals surface area contributed by atoms with Gasteiger partial charge >= 0.3 is 0 Å². The minimum atomic E-state index is -0.0565. The molecule has 3 heterocycles. The number of aromatic nitrogens is 3. The fraction of sp³-hybridized carbons (Fsp3) is 0.316.